The number of rotatable bonds is 6. The molecule has 0 aliphatic carbocycles. The van der Waals surface area contributed by atoms with Gasteiger partial charge in [0.25, 0.3) is 0 Å². The zero-order valence-electron chi connectivity index (χ0n) is 9.93. The van der Waals surface area contributed by atoms with Crippen LogP contribution in [0.2, 0.25) is 0 Å². The molecule has 6 heteroatoms. The van der Waals surface area contributed by atoms with Crippen LogP contribution >= 0.6 is 0 Å². The van der Waals surface area contributed by atoms with Crippen LogP contribution in [-0.2, 0) is 4.79 Å². The van der Waals surface area contributed by atoms with Crippen LogP contribution in [0.3, 0.4) is 0 Å². The van der Waals surface area contributed by atoms with Crippen molar-refractivity contribution in [3.63, 3.8) is 0 Å². The SMILES string of the molecule is CCC(CC)N(C)C(=O)N[C@@H](CO)C(=O)O. The maximum Gasteiger partial charge on any atom is 0.328 e. The van der Waals surface area contributed by atoms with E-state index in [-0.39, 0.29) is 6.04 Å². The Kier molecular flexibility index (Phi) is 6.48. The first-order valence-corrected chi connectivity index (χ1v) is 5.34. The van der Waals surface area contributed by atoms with Crippen LogP contribution in [0.4, 0.5) is 4.79 Å². The van der Waals surface area contributed by atoms with Crippen molar-refractivity contribution in [3.05, 3.63) is 0 Å². The lowest BCUT2D eigenvalue weighted by Crippen LogP contribution is -2.50. The topological polar surface area (TPSA) is 89.9 Å². The molecule has 0 aromatic rings. The van der Waals surface area contributed by atoms with Gasteiger partial charge in [-0.15, -0.1) is 0 Å². The number of aliphatic hydroxyl groups is 1. The van der Waals surface area contributed by atoms with Gasteiger partial charge >= 0.3 is 12.0 Å². The molecule has 0 bridgehead atoms. The first kappa shape index (κ1) is 14.7. The summed E-state index contributed by atoms with van der Waals surface area (Å²) in [6.45, 7) is 3.30. The Bertz CT molecular complexity index is 241. The summed E-state index contributed by atoms with van der Waals surface area (Å²) in [6.07, 6.45) is 1.61. The molecule has 0 aliphatic rings. The highest BCUT2D eigenvalue weighted by Crippen LogP contribution is 2.06. The van der Waals surface area contributed by atoms with E-state index in [1.165, 1.54) is 4.90 Å². The van der Waals surface area contributed by atoms with E-state index in [1.807, 2.05) is 13.8 Å². The normalized spacial score (nSPS) is 12.3. The molecule has 94 valence electrons. The number of hydrogen-bond acceptors (Lipinski definition) is 3. The summed E-state index contributed by atoms with van der Waals surface area (Å²) in [4.78, 5) is 23.7. The summed E-state index contributed by atoms with van der Waals surface area (Å²) in [5.74, 6) is -1.24. The Morgan fingerprint density at radius 2 is 1.81 bits per heavy atom. The van der Waals surface area contributed by atoms with Gasteiger partial charge in [-0.05, 0) is 12.8 Å². The molecule has 0 rings (SSSR count). The zero-order chi connectivity index (χ0) is 12.7. The standard InChI is InChI=1S/C10H20N2O4/c1-4-7(5-2)12(3)10(16)11-8(6-13)9(14)15/h7-8,13H,4-6H2,1-3H3,(H,11,16)(H,14,15)/t8-/m0/s1. The van der Waals surface area contributed by atoms with Crippen molar-refractivity contribution >= 4 is 12.0 Å². The predicted octanol–water partition coefficient (Wildman–Crippen LogP) is 0.262. The van der Waals surface area contributed by atoms with Crippen LogP contribution in [-0.4, -0.2) is 52.9 Å². The van der Waals surface area contributed by atoms with Gasteiger partial charge in [0.05, 0.1) is 6.61 Å². The van der Waals surface area contributed by atoms with Crippen LogP contribution in [0.5, 0.6) is 0 Å². The van der Waals surface area contributed by atoms with E-state index in [9.17, 15) is 9.59 Å². The summed E-state index contributed by atoms with van der Waals surface area (Å²) < 4.78 is 0. The highest BCUT2D eigenvalue weighted by Gasteiger charge is 2.23. The second-order valence-electron chi connectivity index (χ2n) is 3.60. The molecule has 0 saturated heterocycles. The number of hydrogen-bond donors (Lipinski definition) is 3. The van der Waals surface area contributed by atoms with Gasteiger partial charge in [-0.25, -0.2) is 9.59 Å². The minimum Gasteiger partial charge on any atom is -0.480 e. The predicted molar refractivity (Wildman–Crippen MR) is 59.2 cm³/mol. The molecule has 0 heterocycles. The lowest BCUT2D eigenvalue weighted by atomic mass is 10.1. The molecule has 0 saturated carbocycles. The van der Waals surface area contributed by atoms with Gasteiger partial charge in [-0.2, -0.15) is 0 Å². The molecule has 3 N–H and O–H groups in total. The van der Waals surface area contributed by atoms with Gasteiger partial charge in [0.15, 0.2) is 6.04 Å². The number of carbonyl (C=O) groups excluding carboxylic acids is 1. The smallest absolute Gasteiger partial charge is 0.328 e. The van der Waals surface area contributed by atoms with Crippen LogP contribution < -0.4 is 5.32 Å². The maximum absolute atomic E-state index is 11.6. The van der Waals surface area contributed by atoms with Crippen molar-refractivity contribution in [1.82, 2.24) is 10.2 Å². The van der Waals surface area contributed by atoms with E-state index in [1.54, 1.807) is 7.05 Å². The number of aliphatic carboxylic acids is 1. The Labute approximate surface area is 95.2 Å². The lowest BCUT2D eigenvalue weighted by Gasteiger charge is -2.27. The lowest BCUT2D eigenvalue weighted by molar-refractivity contribution is -0.140. The quantitative estimate of drug-likeness (QED) is 0.613. The summed E-state index contributed by atoms with van der Waals surface area (Å²) in [6, 6.07) is -1.65. The third-order valence-corrected chi connectivity index (χ3v) is 2.59. The highest BCUT2D eigenvalue weighted by atomic mass is 16.4. The van der Waals surface area contributed by atoms with Crippen molar-refractivity contribution in [2.24, 2.45) is 0 Å². The van der Waals surface area contributed by atoms with Crippen molar-refractivity contribution < 1.29 is 19.8 Å². The Morgan fingerprint density at radius 1 is 1.31 bits per heavy atom. The first-order chi connectivity index (χ1) is 7.47. The largest absolute Gasteiger partial charge is 0.480 e. The molecule has 0 aromatic carbocycles. The molecule has 0 spiro atoms. The Morgan fingerprint density at radius 3 is 2.12 bits per heavy atom. The minimum absolute atomic E-state index is 0.0770. The second kappa shape index (κ2) is 7.05. The molecule has 16 heavy (non-hydrogen) atoms. The van der Waals surface area contributed by atoms with Crippen molar-refractivity contribution in [1.29, 1.82) is 0 Å². The monoisotopic (exact) mass is 232 g/mol. The Balaban J connectivity index is 4.38. The van der Waals surface area contributed by atoms with Crippen LogP contribution in [0.25, 0.3) is 0 Å². The Hall–Kier alpha value is -1.30. The third kappa shape index (κ3) is 4.06. The fourth-order valence-corrected chi connectivity index (χ4v) is 1.44. The highest BCUT2D eigenvalue weighted by molar-refractivity contribution is 5.82. The number of nitrogens with zero attached hydrogens (tertiary/aromatic N) is 1. The molecule has 0 radical (unpaired) electrons. The van der Waals surface area contributed by atoms with Crippen molar-refractivity contribution in [2.75, 3.05) is 13.7 Å². The summed E-state index contributed by atoms with van der Waals surface area (Å²) in [5, 5.41) is 19.7. The summed E-state index contributed by atoms with van der Waals surface area (Å²) in [5.41, 5.74) is 0. The average Bonchev–Trinajstić information content (AvgIpc) is 2.26. The molecule has 0 unspecified atom stereocenters. The van der Waals surface area contributed by atoms with E-state index in [0.29, 0.717) is 0 Å². The molecule has 1 atom stereocenters. The third-order valence-electron chi connectivity index (χ3n) is 2.59. The number of amides is 2. The van der Waals surface area contributed by atoms with Crippen molar-refractivity contribution in [2.45, 2.75) is 38.8 Å². The zero-order valence-corrected chi connectivity index (χ0v) is 9.93. The molecular formula is C10H20N2O4. The summed E-state index contributed by atoms with van der Waals surface area (Å²) >= 11 is 0. The number of carboxylic acids is 1. The van der Waals surface area contributed by atoms with Crippen molar-refractivity contribution in [3.8, 4) is 0 Å². The van der Waals surface area contributed by atoms with E-state index in [2.05, 4.69) is 5.32 Å². The fourth-order valence-electron chi connectivity index (χ4n) is 1.44. The van der Waals surface area contributed by atoms with Gasteiger partial charge < -0.3 is 20.4 Å². The van der Waals surface area contributed by atoms with Gasteiger partial charge in [0.2, 0.25) is 0 Å². The average molecular weight is 232 g/mol. The number of aliphatic hydroxyl groups excluding tert-OH is 1. The van der Waals surface area contributed by atoms with Crippen LogP contribution in [0.15, 0.2) is 0 Å². The van der Waals surface area contributed by atoms with E-state index in [0.717, 1.165) is 12.8 Å². The van der Waals surface area contributed by atoms with E-state index in [4.69, 9.17) is 10.2 Å². The molecule has 0 aromatic heterocycles. The molecule has 2 amide bonds. The van der Waals surface area contributed by atoms with Gasteiger partial charge in [0, 0.05) is 13.1 Å². The van der Waals surface area contributed by atoms with Crippen LogP contribution in [0.1, 0.15) is 26.7 Å². The summed E-state index contributed by atoms with van der Waals surface area (Å²) in [7, 11) is 1.61. The second-order valence-corrected chi connectivity index (χ2v) is 3.60. The molecule has 0 fully saturated rings. The minimum atomic E-state index is -1.25. The number of nitrogens with one attached hydrogen (secondary N) is 1. The first-order valence-electron chi connectivity index (χ1n) is 5.34. The molecular weight excluding hydrogens is 212 g/mol. The van der Waals surface area contributed by atoms with Gasteiger partial charge in [-0.1, -0.05) is 13.8 Å². The molecule has 6 nitrogen and oxygen atoms in total. The number of urea groups is 1. The van der Waals surface area contributed by atoms with Gasteiger partial charge in [-0.3, -0.25) is 0 Å². The fraction of sp³-hybridized carbons (Fsp3) is 0.800. The molecule has 0 aliphatic heterocycles. The van der Waals surface area contributed by atoms with Gasteiger partial charge in [0.1, 0.15) is 0 Å². The number of carboxylic acid groups (broad SMARTS) is 1. The van der Waals surface area contributed by atoms with E-state index < -0.39 is 24.6 Å². The van der Waals surface area contributed by atoms with Crippen LogP contribution in [0, 0.1) is 0 Å². The van der Waals surface area contributed by atoms with E-state index >= 15 is 0 Å². The maximum atomic E-state index is 11.6. The number of carbonyl (C=O) groups is 2.